The van der Waals surface area contributed by atoms with Crippen LogP contribution in [0.5, 0.6) is 5.88 Å². The highest BCUT2D eigenvalue weighted by atomic mass is 32.1. The average Bonchev–Trinajstić information content (AvgIpc) is 0.826. The number of carbonyl (C=O) groups excluding carboxylic acids is 6. The molecule has 10 rings (SSSR count). The molecular formula is C116H164F2N2O9P2S. The van der Waals surface area contributed by atoms with Gasteiger partial charge in [0.25, 0.3) is 0 Å². The SMILES string of the molecule is CC(=O)c1ccc(C(C)(C)C)c(F)c1.CC(=O)c1ccc(C(C)(C)C)cc1.CC(=O)c1ccc(C(C)(C)C)cc1.CC(=O)c1ccc(C(C)(C)C)s1.CC(C)(C)c1ccc(F)cc1.CC(C)(C)c1ccc(P(C)(C)=O)cc1.CCc1ccc(C(C)(C)C)cc1.COc1nc(C(C)=O)ccc1C(C)(C)C.Cc1cc(C(C)(C)C)cnc1P(C)(C)=O.[2H]c1c([2H])c(C(C)(C)C)c([2H])c([2H])c1C(C)=O. The first-order valence-electron chi connectivity index (χ1n) is 47.2. The summed E-state index contributed by atoms with van der Waals surface area (Å²) in [5.41, 5.74) is 15.5. The van der Waals surface area contributed by atoms with Crippen molar-refractivity contribution in [1.82, 2.24) is 9.97 Å². The molecule has 0 aliphatic carbocycles. The van der Waals surface area contributed by atoms with Gasteiger partial charge in [-0.05, 0) is 221 Å². The van der Waals surface area contributed by atoms with Crippen molar-refractivity contribution >= 4 is 71.1 Å². The molecule has 10 aromatic rings. The maximum Gasteiger partial charge on any atom is 0.217 e. The summed E-state index contributed by atoms with van der Waals surface area (Å²) < 4.78 is 86.2. The van der Waals surface area contributed by atoms with E-state index in [-0.39, 0.29) is 119 Å². The number of pyridine rings is 2. The van der Waals surface area contributed by atoms with Crippen LogP contribution in [0.1, 0.15) is 389 Å². The Morgan fingerprint density at radius 2 is 0.705 bits per heavy atom. The largest absolute Gasteiger partial charge is 0.481 e. The van der Waals surface area contributed by atoms with Crippen LogP contribution in [0, 0.1) is 18.6 Å². The molecule has 0 amide bonds. The van der Waals surface area contributed by atoms with E-state index in [0.29, 0.717) is 28.3 Å². The van der Waals surface area contributed by atoms with Gasteiger partial charge in [-0.2, -0.15) is 0 Å². The molecule has 0 atom stereocenters. The first kappa shape index (κ1) is 113. The summed E-state index contributed by atoms with van der Waals surface area (Å²) in [6, 6.07) is 53.0. The van der Waals surface area contributed by atoms with Gasteiger partial charge in [-0.1, -0.05) is 372 Å². The van der Waals surface area contributed by atoms with Gasteiger partial charge in [0.2, 0.25) is 5.88 Å². The third kappa shape index (κ3) is 43.8. The number of hydrogen-bond acceptors (Lipinski definition) is 12. The van der Waals surface area contributed by atoms with Gasteiger partial charge in [-0.25, -0.2) is 13.8 Å². The minimum Gasteiger partial charge on any atom is -0.481 e. The zero-order valence-corrected chi connectivity index (χ0v) is 91.2. The molecule has 132 heavy (non-hydrogen) atoms. The highest BCUT2D eigenvalue weighted by Gasteiger charge is 2.26. The Morgan fingerprint density at radius 1 is 0.364 bits per heavy atom. The Kier molecular flexibility index (Phi) is 43.1. The first-order chi connectivity index (χ1) is 61.4. The van der Waals surface area contributed by atoms with Gasteiger partial charge in [0, 0.05) is 51.1 Å². The summed E-state index contributed by atoms with van der Waals surface area (Å²) >= 11 is 1.60. The van der Waals surface area contributed by atoms with Crippen LogP contribution in [0.4, 0.5) is 8.78 Å². The average molecular weight is 1870 g/mol. The van der Waals surface area contributed by atoms with Gasteiger partial charge in [-0.3, -0.25) is 33.8 Å². The molecule has 0 N–H and O–H groups in total. The maximum atomic E-state index is 13.6. The smallest absolute Gasteiger partial charge is 0.217 e. The van der Waals surface area contributed by atoms with Gasteiger partial charge in [0.15, 0.2) is 34.7 Å². The zero-order valence-electron chi connectivity index (χ0n) is 92.6. The van der Waals surface area contributed by atoms with E-state index in [1.807, 2.05) is 146 Å². The lowest BCUT2D eigenvalue weighted by Crippen LogP contribution is -2.18. The number of aromatic nitrogens is 2. The van der Waals surface area contributed by atoms with Crippen LogP contribution < -0.4 is 15.5 Å². The molecule has 0 saturated carbocycles. The lowest BCUT2D eigenvalue weighted by Gasteiger charge is -2.21. The molecule has 11 nitrogen and oxygen atoms in total. The van der Waals surface area contributed by atoms with Crippen molar-refractivity contribution in [3.63, 3.8) is 0 Å². The third-order valence-electron chi connectivity index (χ3n) is 20.9. The Morgan fingerprint density at radius 3 is 0.977 bits per heavy atom. The molecule has 3 heterocycles. The highest BCUT2D eigenvalue weighted by molar-refractivity contribution is 7.70. The van der Waals surface area contributed by atoms with E-state index in [9.17, 15) is 46.7 Å². The Labute approximate surface area is 807 Å². The number of halogens is 2. The Hall–Kier alpha value is -9.32. The predicted molar refractivity (Wildman–Crippen MR) is 564 cm³/mol. The summed E-state index contributed by atoms with van der Waals surface area (Å²) in [6.45, 7) is 83.3. The van der Waals surface area contributed by atoms with Crippen molar-refractivity contribution in [2.75, 3.05) is 33.8 Å². The number of Topliss-reactive ketones (excluding diaryl/α,β-unsaturated/α-hetero) is 6. The Bertz CT molecular complexity index is 5620. The normalized spacial score (nSPS) is 12.2. The number of hydrogen-bond donors (Lipinski definition) is 0. The molecule has 722 valence electrons. The molecule has 0 aliphatic heterocycles. The van der Waals surface area contributed by atoms with Crippen molar-refractivity contribution < 1.29 is 56.9 Å². The maximum absolute atomic E-state index is 13.6. The van der Waals surface area contributed by atoms with Crippen molar-refractivity contribution in [2.24, 2.45) is 0 Å². The van der Waals surface area contributed by atoms with Gasteiger partial charge in [0.05, 0.1) is 17.5 Å². The van der Waals surface area contributed by atoms with Crippen molar-refractivity contribution in [3.8, 4) is 5.88 Å². The number of carbonyl (C=O) groups is 6. The van der Waals surface area contributed by atoms with Gasteiger partial charge in [0.1, 0.15) is 37.0 Å². The molecule has 0 radical (unpaired) electrons. The van der Waals surface area contributed by atoms with Gasteiger partial charge < -0.3 is 13.9 Å². The third-order valence-corrected chi connectivity index (χ3v) is 25.5. The summed E-state index contributed by atoms with van der Waals surface area (Å²) in [6.07, 6.45) is 2.98. The number of thiophene rings is 1. The lowest BCUT2D eigenvalue weighted by atomic mass is 9.86. The minimum absolute atomic E-state index is 0.0341. The molecule has 7 aromatic carbocycles. The fourth-order valence-corrected chi connectivity index (χ4v) is 15.0. The van der Waals surface area contributed by atoms with E-state index in [1.165, 1.54) is 82.8 Å². The predicted octanol–water partition coefficient (Wildman–Crippen LogP) is 31.6. The van der Waals surface area contributed by atoms with Crippen LogP contribution in [0.15, 0.2) is 200 Å². The fraction of sp³-hybridized carbons (Fsp3) is 0.466. The summed E-state index contributed by atoms with van der Waals surface area (Å²) in [5.74, 6) is -0.115. The first-order valence-corrected chi connectivity index (χ1v) is 51.3. The Balaban J connectivity index is 0.000000757. The fourth-order valence-electron chi connectivity index (χ4n) is 12.0. The number of aryl methyl sites for hydroxylation is 2. The molecule has 0 fully saturated rings. The van der Waals surface area contributed by atoms with Crippen LogP contribution >= 0.6 is 25.6 Å². The van der Waals surface area contributed by atoms with Crippen LogP contribution in [-0.4, -0.2) is 78.4 Å². The van der Waals surface area contributed by atoms with Crippen molar-refractivity contribution in [1.29, 1.82) is 0 Å². The van der Waals surface area contributed by atoms with Crippen LogP contribution in [0.2, 0.25) is 0 Å². The molecule has 0 saturated heterocycles. The summed E-state index contributed by atoms with van der Waals surface area (Å²) in [7, 11) is -2.76. The minimum atomic E-state index is -2.24. The molecule has 0 bridgehead atoms. The second kappa shape index (κ2) is 50.3. The second-order valence-corrected chi connectivity index (χ2v) is 52.0. The van der Waals surface area contributed by atoms with Crippen LogP contribution in [-0.2, 0) is 69.7 Å². The molecule has 16 heteroatoms. The topological polar surface area (TPSA) is 172 Å². The standard InChI is InChI=1S/C12H15FO.C12H17NO2.C12H20NOP.C12H19OP.3C12H16O.C12H18.C10H13F.C10H14OS/c1-8(14)9-5-6-10(11(13)7-9)12(2,3)4;1-8(14)10-7-6-9(12(2,3)4)11(13-10)15-5;1-9-7-10(12(2,3)4)8-13-11(9)15(5,6)14;1-12(2,3)10-6-8-11(9-7-10)14(4,5)13;3*1-9(13)10-5-7-11(8-6-10)12(2,3)4;1-5-10-6-8-11(9-7-10)12(2,3)4;1-10(2,3)8-4-6-9(11)7-5-8;1-7(11)8-5-6-9(12-8)10(2,3)4/h5-7H,1-4H3;6-7H,1-5H3;7-8H,1-6H3;6-9H,1-5H3;3*5-8H,1-4H3;6-9H,5H2,1-4H3;4-7H,1-3H3;5-6H,1-4H3/i;;;;5D,6D,7D,8D;;;;;. The second-order valence-electron chi connectivity index (χ2n) is 44.5. The lowest BCUT2D eigenvalue weighted by molar-refractivity contribution is 0.100. The van der Waals surface area contributed by atoms with Gasteiger partial charge in [-0.15, -0.1) is 11.3 Å². The van der Waals surface area contributed by atoms with Crippen molar-refractivity contribution in [2.45, 2.75) is 324 Å². The molecule has 0 aliphatic rings. The molecule has 0 unspecified atom stereocenters. The van der Waals surface area contributed by atoms with E-state index in [1.54, 1.807) is 84.1 Å². The number of methoxy groups -OCH3 is 1. The van der Waals surface area contributed by atoms with Crippen molar-refractivity contribution in [3.05, 3.63) is 311 Å². The van der Waals surface area contributed by atoms with E-state index < -0.39 is 25.5 Å². The zero-order chi connectivity index (χ0) is 106. The van der Waals surface area contributed by atoms with Gasteiger partial charge >= 0.3 is 0 Å². The summed E-state index contributed by atoms with van der Waals surface area (Å²) in [4.78, 5) is 77.2. The number of nitrogens with zero attached hydrogens (tertiary/aromatic N) is 2. The van der Waals surface area contributed by atoms with Crippen LogP contribution in [0.3, 0.4) is 0 Å². The number of ketones is 6. The highest BCUT2D eigenvalue weighted by Crippen LogP contribution is 2.38. The van der Waals surface area contributed by atoms with E-state index >= 15 is 0 Å². The molecular weight excluding hydrogens is 1700 g/mol. The monoisotopic (exact) mass is 1870 g/mol. The number of benzene rings is 7. The quantitative estimate of drug-likeness (QED) is 0.0942. The van der Waals surface area contributed by atoms with E-state index in [4.69, 9.17) is 10.2 Å². The van der Waals surface area contributed by atoms with E-state index in [2.05, 4.69) is 226 Å². The number of rotatable bonds is 10. The van der Waals surface area contributed by atoms with E-state index in [0.717, 1.165) is 44.3 Å². The van der Waals surface area contributed by atoms with Crippen LogP contribution in [0.25, 0.3) is 0 Å². The number of ether oxygens (including phenoxy) is 1. The molecule has 3 aromatic heterocycles. The summed E-state index contributed by atoms with van der Waals surface area (Å²) in [5, 5.41) is 0.963. The molecule has 0 spiro atoms.